The average molecular weight is 419 g/mol. The number of benzene rings is 1. The normalized spacial score (nSPS) is 12.6. The molecule has 0 bridgehead atoms. The summed E-state index contributed by atoms with van der Waals surface area (Å²) in [4.78, 5) is 29.1. The number of carbonyl (C=O) groups is 1. The molecule has 0 radical (unpaired) electrons. The molecule has 6 nitrogen and oxygen atoms in total. The molecule has 0 spiro atoms. The molecule has 0 fully saturated rings. The molecule has 2 aromatic heterocycles. The molecule has 0 saturated carbocycles. The van der Waals surface area contributed by atoms with Crippen molar-refractivity contribution < 1.29 is 32.2 Å². The Morgan fingerprint density at radius 1 is 1.20 bits per heavy atom. The number of esters is 1. The fourth-order valence-corrected chi connectivity index (χ4v) is 2.99. The highest BCUT2D eigenvalue weighted by atomic mass is 19.4. The Morgan fingerprint density at radius 2 is 1.93 bits per heavy atom. The first kappa shape index (κ1) is 21.1. The smallest absolute Gasteiger partial charge is 0.416 e. The molecular weight excluding hydrogens is 403 g/mol. The van der Waals surface area contributed by atoms with Crippen LogP contribution in [0.4, 0.5) is 13.2 Å². The van der Waals surface area contributed by atoms with Crippen LogP contribution in [0.3, 0.4) is 0 Å². The van der Waals surface area contributed by atoms with Crippen LogP contribution in [0.1, 0.15) is 25.0 Å². The highest BCUT2D eigenvalue weighted by Gasteiger charge is 2.33. The lowest BCUT2D eigenvalue weighted by Crippen LogP contribution is -2.14. The zero-order chi connectivity index (χ0) is 22.1. The lowest BCUT2D eigenvalue weighted by Gasteiger charge is -2.16. The zero-order valence-electron chi connectivity index (χ0n) is 15.9. The molecule has 0 unspecified atom stereocenters. The van der Waals surface area contributed by atoms with Gasteiger partial charge in [-0.15, -0.1) is 0 Å². The van der Waals surface area contributed by atoms with Crippen molar-refractivity contribution in [2.24, 2.45) is 0 Å². The topological polar surface area (TPSA) is 89.6 Å². The van der Waals surface area contributed by atoms with E-state index >= 15 is 0 Å². The molecule has 0 aliphatic rings. The number of rotatable bonds is 4. The Kier molecular flexibility index (Phi) is 5.64. The van der Waals surface area contributed by atoms with E-state index in [4.69, 9.17) is 9.15 Å². The van der Waals surface area contributed by atoms with Crippen LogP contribution in [0.2, 0.25) is 0 Å². The predicted molar refractivity (Wildman–Crippen MR) is 103 cm³/mol. The van der Waals surface area contributed by atoms with E-state index in [2.05, 4.69) is 4.98 Å². The number of ether oxygens (including phenoxy) is 1. The van der Waals surface area contributed by atoms with Crippen molar-refractivity contribution >= 4 is 22.3 Å². The summed E-state index contributed by atoms with van der Waals surface area (Å²) in [6, 6.07) is 7.05. The molecule has 30 heavy (non-hydrogen) atoms. The Labute approximate surface area is 168 Å². The maximum absolute atomic E-state index is 13.3. The number of nitrogens with zero attached hydrogens (tertiary/aromatic N) is 1. The number of fused-ring (bicyclic) bond motifs is 1. The number of pyridine rings is 1. The molecule has 0 saturated heterocycles. The van der Waals surface area contributed by atoms with Gasteiger partial charge in [-0.3, -0.25) is 4.98 Å². The van der Waals surface area contributed by atoms with E-state index in [1.807, 2.05) is 0 Å². The van der Waals surface area contributed by atoms with E-state index in [0.717, 1.165) is 18.2 Å². The summed E-state index contributed by atoms with van der Waals surface area (Å²) >= 11 is 0. The summed E-state index contributed by atoms with van der Waals surface area (Å²) in [7, 11) is 0. The second-order valence-corrected chi connectivity index (χ2v) is 6.25. The molecule has 0 atom stereocenters. The number of aromatic nitrogens is 1. The minimum Gasteiger partial charge on any atom is -0.512 e. The minimum absolute atomic E-state index is 0.0446. The van der Waals surface area contributed by atoms with Crippen molar-refractivity contribution in [3.8, 4) is 11.5 Å². The molecule has 9 heteroatoms. The first-order chi connectivity index (χ1) is 14.1. The van der Waals surface area contributed by atoms with Crippen molar-refractivity contribution in [1.29, 1.82) is 0 Å². The van der Waals surface area contributed by atoms with Gasteiger partial charge in [0.1, 0.15) is 17.0 Å². The van der Waals surface area contributed by atoms with E-state index in [9.17, 15) is 27.9 Å². The maximum Gasteiger partial charge on any atom is 0.416 e. The summed E-state index contributed by atoms with van der Waals surface area (Å²) in [6.45, 7) is 2.67. The van der Waals surface area contributed by atoms with Crippen LogP contribution in [-0.4, -0.2) is 22.7 Å². The number of alkyl halides is 3. The molecule has 1 aromatic carbocycles. The van der Waals surface area contributed by atoms with E-state index in [-0.39, 0.29) is 34.4 Å². The summed E-state index contributed by atoms with van der Waals surface area (Å²) < 4.78 is 50.3. The van der Waals surface area contributed by atoms with Gasteiger partial charge in [0.25, 0.3) is 0 Å². The lowest BCUT2D eigenvalue weighted by molar-refractivity contribution is -0.137. The second-order valence-electron chi connectivity index (χ2n) is 6.25. The summed E-state index contributed by atoms with van der Waals surface area (Å²) in [5, 5.41) is 9.79. The van der Waals surface area contributed by atoms with E-state index in [1.54, 1.807) is 12.1 Å². The lowest BCUT2D eigenvalue weighted by atomic mass is 9.94. The third-order valence-corrected chi connectivity index (χ3v) is 4.25. The van der Waals surface area contributed by atoms with Gasteiger partial charge < -0.3 is 14.3 Å². The van der Waals surface area contributed by atoms with Gasteiger partial charge in [-0.1, -0.05) is 6.07 Å². The van der Waals surface area contributed by atoms with Crippen LogP contribution in [0, 0.1) is 0 Å². The third-order valence-electron chi connectivity index (χ3n) is 4.25. The van der Waals surface area contributed by atoms with Crippen LogP contribution in [0.15, 0.2) is 57.6 Å². The van der Waals surface area contributed by atoms with Crippen molar-refractivity contribution in [2.45, 2.75) is 20.0 Å². The van der Waals surface area contributed by atoms with Crippen LogP contribution in [0.5, 0.6) is 0 Å². The quantitative estimate of drug-likeness (QED) is 0.374. The molecule has 0 aliphatic heterocycles. The van der Waals surface area contributed by atoms with Crippen LogP contribution >= 0.6 is 0 Å². The van der Waals surface area contributed by atoms with Gasteiger partial charge in [0.2, 0.25) is 0 Å². The monoisotopic (exact) mass is 419 g/mol. The predicted octanol–water partition coefficient (Wildman–Crippen LogP) is 4.73. The van der Waals surface area contributed by atoms with Crippen LogP contribution in [0.25, 0.3) is 27.8 Å². The van der Waals surface area contributed by atoms with Gasteiger partial charge in [0, 0.05) is 17.1 Å². The number of aliphatic hydroxyl groups is 1. The number of halogens is 3. The van der Waals surface area contributed by atoms with E-state index < -0.39 is 34.7 Å². The van der Waals surface area contributed by atoms with Gasteiger partial charge in [-0.05, 0) is 44.2 Å². The molecule has 1 N–H and O–H groups in total. The third kappa shape index (κ3) is 3.91. The summed E-state index contributed by atoms with van der Waals surface area (Å²) in [5.74, 6) is -1.76. The molecule has 2 heterocycles. The largest absolute Gasteiger partial charge is 0.512 e. The van der Waals surface area contributed by atoms with Crippen LogP contribution < -0.4 is 5.63 Å². The van der Waals surface area contributed by atoms with Crippen molar-refractivity contribution in [2.75, 3.05) is 6.61 Å². The standard InChI is InChI=1S/C21H16F3NO5/c1-3-29-20(28)16(11(2)26)17-14-10-12(21(22,23)24)7-8-13(14)19(27)30-18(17)15-6-4-5-9-25-15/h4-10,26H,3H2,1-2H3/b16-11+. The Bertz CT molecular complexity index is 1190. The number of hydrogen-bond donors (Lipinski definition) is 1. The number of carbonyl (C=O) groups excluding carboxylic acids is 1. The molecule has 0 aliphatic carbocycles. The van der Waals surface area contributed by atoms with Gasteiger partial charge in [0.05, 0.1) is 17.6 Å². The summed E-state index contributed by atoms with van der Waals surface area (Å²) in [5.41, 5.74) is -2.50. The van der Waals surface area contributed by atoms with Crippen molar-refractivity contribution in [1.82, 2.24) is 4.98 Å². The van der Waals surface area contributed by atoms with Gasteiger partial charge in [0.15, 0.2) is 5.76 Å². The Balaban J connectivity index is 2.52. The van der Waals surface area contributed by atoms with Crippen LogP contribution in [-0.2, 0) is 15.7 Å². The Morgan fingerprint density at radius 3 is 2.50 bits per heavy atom. The number of allylic oxidation sites excluding steroid dienone is 1. The summed E-state index contributed by atoms with van der Waals surface area (Å²) in [6.07, 6.45) is -3.32. The zero-order valence-corrected chi connectivity index (χ0v) is 15.9. The highest BCUT2D eigenvalue weighted by Crippen LogP contribution is 2.38. The molecule has 156 valence electrons. The van der Waals surface area contributed by atoms with Gasteiger partial charge >= 0.3 is 17.8 Å². The van der Waals surface area contributed by atoms with Gasteiger partial charge in [-0.2, -0.15) is 13.2 Å². The number of aliphatic hydroxyl groups excluding tert-OH is 1. The molecule has 0 amide bonds. The van der Waals surface area contributed by atoms with Crippen molar-refractivity contribution in [3.63, 3.8) is 0 Å². The second kappa shape index (κ2) is 8.02. The maximum atomic E-state index is 13.3. The average Bonchev–Trinajstić information content (AvgIpc) is 2.69. The first-order valence-electron chi connectivity index (χ1n) is 8.82. The minimum atomic E-state index is -4.70. The highest BCUT2D eigenvalue weighted by molar-refractivity contribution is 6.22. The SMILES string of the molecule is CCOC(=O)/C(=C(\C)O)c1c(-c2ccccn2)oc(=O)c2ccc(C(F)(F)F)cc12. The van der Waals surface area contributed by atoms with E-state index in [0.29, 0.717) is 0 Å². The number of hydrogen-bond acceptors (Lipinski definition) is 6. The molecular formula is C21H16F3NO5. The molecule has 3 aromatic rings. The fraction of sp³-hybridized carbons (Fsp3) is 0.190. The van der Waals surface area contributed by atoms with Crippen molar-refractivity contribution in [3.05, 3.63) is 69.9 Å². The Hall–Kier alpha value is -3.62. The molecule has 3 rings (SSSR count). The fourth-order valence-electron chi connectivity index (χ4n) is 2.99. The first-order valence-corrected chi connectivity index (χ1v) is 8.82. The van der Waals surface area contributed by atoms with E-state index in [1.165, 1.54) is 26.1 Å². The van der Waals surface area contributed by atoms with Gasteiger partial charge in [-0.25, -0.2) is 9.59 Å².